The number of hydrogen-bond donors (Lipinski definition) is 2. The normalized spacial score (nSPS) is 10.3. The van der Waals surface area contributed by atoms with E-state index in [1.807, 2.05) is 0 Å². The van der Waals surface area contributed by atoms with E-state index in [2.05, 4.69) is 27.1 Å². The Bertz CT molecular complexity index is 1130. The van der Waals surface area contributed by atoms with Crippen LogP contribution in [-0.2, 0) is 13.6 Å². The highest BCUT2D eigenvalue weighted by molar-refractivity contribution is 6.30. The highest BCUT2D eigenvalue weighted by atomic mass is 35.5. The van der Waals surface area contributed by atoms with Gasteiger partial charge in [-0.2, -0.15) is 0 Å². The van der Waals surface area contributed by atoms with Crippen LogP contribution in [0.5, 0.6) is 0 Å². The van der Waals surface area contributed by atoms with Gasteiger partial charge in [0.1, 0.15) is 17.7 Å². The van der Waals surface area contributed by atoms with Crippen molar-refractivity contribution in [2.45, 2.75) is 6.54 Å². The number of halogens is 1. The van der Waals surface area contributed by atoms with Crippen LogP contribution >= 0.6 is 11.6 Å². The first-order valence-electron chi connectivity index (χ1n) is 7.98. The van der Waals surface area contributed by atoms with Gasteiger partial charge in [0.25, 0.3) is 5.91 Å². The van der Waals surface area contributed by atoms with Gasteiger partial charge < -0.3 is 15.0 Å². The van der Waals surface area contributed by atoms with Crippen molar-refractivity contribution in [1.29, 1.82) is 0 Å². The lowest BCUT2D eigenvalue weighted by molar-refractivity contribution is 0.0949. The molecule has 0 spiro atoms. The van der Waals surface area contributed by atoms with E-state index in [4.69, 9.17) is 16.7 Å². The Labute approximate surface area is 159 Å². The third-order valence-corrected chi connectivity index (χ3v) is 4.07. The van der Waals surface area contributed by atoms with Gasteiger partial charge in [-0.15, -0.1) is 0 Å². The molecule has 0 atom stereocenters. The Kier molecular flexibility index (Phi) is 5.50. The van der Waals surface area contributed by atoms with Gasteiger partial charge >= 0.3 is 0 Å². The molecular weight excluding hydrogens is 368 g/mol. The van der Waals surface area contributed by atoms with E-state index < -0.39 is 11.3 Å². The number of hydrogen-bond acceptors (Lipinski definition) is 5. The van der Waals surface area contributed by atoms with Crippen LogP contribution in [0.15, 0.2) is 41.5 Å². The minimum Gasteiger partial charge on any atom is -0.384 e. The summed E-state index contributed by atoms with van der Waals surface area (Å²) in [5.74, 6) is 4.58. The molecule has 136 valence electrons. The molecule has 3 aromatic rings. The summed E-state index contributed by atoms with van der Waals surface area (Å²) in [4.78, 5) is 33.4. The summed E-state index contributed by atoms with van der Waals surface area (Å²) in [5, 5.41) is 12.1. The van der Waals surface area contributed by atoms with Crippen LogP contribution in [0, 0.1) is 11.8 Å². The van der Waals surface area contributed by atoms with E-state index in [1.165, 1.54) is 12.4 Å². The van der Waals surface area contributed by atoms with Gasteiger partial charge in [-0.05, 0) is 23.6 Å². The number of carbonyl (C=O) groups excluding carboxylic acids is 1. The number of benzene rings is 1. The molecule has 27 heavy (non-hydrogen) atoms. The summed E-state index contributed by atoms with van der Waals surface area (Å²) in [6.45, 7) is -0.0826. The number of aryl methyl sites for hydroxylation is 1. The molecule has 2 N–H and O–H groups in total. The van der Waals surface area contributed by atoms with Gasteiger partial charge in [0.05, 0.1) is 11.7 Å². The standard InChI is InChI=1S/C19H15ClN4O3/c1-24-11-14(19(27)22-9-12-4-6-13(20)7-5-12)18(26)17-15(24)10-21-16(23-17)3-2-8-25/h4-7,10-11,25H,8-9H2,1H3,(H,22,27). The van der Waals surface area contributed by atoms with Crippen molar-refractivity contribution >= 4 is 28.5 Å². The van der Waals surface area contributed by atoms with Crippen LogP contribution in [0.4, 0.5) is 0 Å². The Hall–Kier alpha value is -3.21. The fourth-order valence-electron chi connectivity index (χ4n) is 2.47. The van der Waals surface area contributed by atoms with Crippen LogP contribution in [0.2, 0.25) is 5.02 Å². The predicted octanol–water partition coefficient (Wildman–Crippen LogP) is 1.26. The summed E-state index contributed by atoms with van der Waals surface area (Å²) >= 11 is 5.84. The molecule has 1 amide bonds. The Morgan fingerprint density at radius 2 is 2.07 bits per heavy atom. The third-order valence-electron chi connectivity index (χ3n) is 3.82. The molecule has 2 aromatic heterocycles. The molecule has 0 aliphatic rings. The van der Waals surface area contributed by atoms with E-state index in [0.29, 0.717) is 10.5 Å². The summed E-state index contributed by atoms with van der Waals surface area (Å²) in [5.41, 5.74) is 0.886. The molecule has 1 aromatic carbocycles. The van der Waals surface area contributed by atoms with Crippen molar-refractivity contribution in [2.75, 3.05) is 6.61 Å². The SMILES string of the molecule is Cn1cc(C(=O)NCc2ccc(Cl)cc2)c(=O)c2nc(C#CCO)ncc21. The van der Waals surface area contributed by atoms with E-state index in [0.717, 1.165) is 5.56 Å². The predicted molar refractivity (Wildman–Crippen MR) is 101 cm³/mol. The third kappa shape index (κ3) is 4.14. The maximum atomic E-state index is 12.7. The summed E-state index contributed by atoms with van der Waals surface area (Å²) in [7, 11) is 1.69. The number of pyridine rings is 1. The van der Waals surface area contributed by atoms with Gasteiger partial charge in [0.2, 0.25) is 11.3 Å². The van der Waals surface area contributed by atoms with Crippen LogP contribution in [0.1, 0.15) is 21.7 Å². The van der Waals surface area contributed by atoms with Crippen molar-refractivity contribution in [3.8, 4) is 11.8 Å². The number of nitrogens with zero attached hydrogens (tertiary/aromatic N) is 3. The number of rotatable bonds is 3. The second kappa shape index (κ2) is 7.99. The zero-order valence-corrected chi connectivity index (χ0v) is 15.1. The summed E-state index contributed by atoms with van der Waals surface area (Å²) in [6, 6.07) is 7.04. The maximum Gasteiger partial charge on any atom is 0.257 e. The second-order valence-corrected chi connectivity index (χ2v) is 6.12. The van der Waals surface area contributed by atoms with Crippen molar-refractivity contribution in [2.24, 2.45) is 7.05 Å². The number of aliphatic hydroxyl groups excluding tert-OH is 1. The number of nitrogens with one attached hydrogen (secondary N) is 1. The minimum atomic E-state index is -0.508. The first-order chi connectivity index (χ1) is 13.0. The molecule has 0 saturated heterocycles. The van der Waals surface area contributed by atoms with Crippen molar-refractivity contribution in [1.82, 2.24) is 19.9 Å². The number of amides is 1. The zero-order valence-electron chi connectivity index (χ0n) is 14.4. The van der Waals surface area contributed by atoms with Gasteiger partial charge in [-0.1, -0.05) is 29.7 Å². The number of aliphatic hydroxyl groups is 1. The Balaban J connectivity index is 1.93. The second-order valence-electron chi connectivity index (χ2n) is 5.68. The lowest BCUT2D eigenvalue weighted by Gasteiger charge is -2.09. The number of aromatic nitrogens is 3. The molecule has 0 fully saturated rings. The Morgan fingerprint density at radius 1 is 1.33 bits per heavy atom. The van der Waals surface area contributed by atoms with E-state index in [1.54, 1.807) is 35.9 Å². The minimum absolute atomic E-state index is 0.0290. The van der Waals surface area contributed by atoms with E-state index in [9.17, 15) is 9.59 Å². The molecule has 3 rings (SSSR count). The summed E-state index contributed by atoms with van der Waals surface area (Å²) < 4.78 is 1.61. The summed E-state index contributed by atoms with van der Waals surface area (Å²) in [6.07, 6.45) is 2.91. The van der Waals surface area contributed by atoms with Gasteiger partial charge in [0.15, 0.2) is 0 Å². The van der Waals surface area contributed by atoms with Crippen molar-refractivity contribution in [3.05, 3.63) is 68.9 Å². The molecule has 0 aliphatic carbocycles. The quantitative estimate of drug-likeness (QED) is 0.665. The molecule has 0 bridgehead atoms. The van der Waals surface area contributed by atoms with Crippen LogP contribution in [0.25, 0.3) is 11.0 Å². The maximum absolute atomic E-state index is 12.7. The van der Waals surface area contributed by atoms with Crippen LogP contribution in [0.3, 0.4) is 0 Å². The molecule has 8 heteroatoms. The molecule has 0 saturated carbocycles. The average Bonchev–Trinajstić information content (AvgIpc) is 2.68. The lowest BCUT2D eigenvalue weighted by atomic mass is 10.2. The lowest BCUT2D eigenvalue weighted by Crippen LogP contribution is -2.29. The molecule has 0 radical (unpaired) electrons. The number of fused-ring (bicyclic) bond motifs is 1. The van der Waals surface area contributed by atoms with Crippen molar-refractivity contribution < 1.29 is 9.90 Å². The Morgan fingerprint density at radius 3 is 2.78 bits per heavy atom. The first-order valence-corrected chi connectivity index (χ1v) is 8.36. The average molecular weight is 383 g/mol. The van der Waals surface area contributed by atoms with Crippen LogP contribution < -0.4 is 10.7 Å². The molecule has 0 aliphatic heterocycles. The highest BCUT2D eigenvalue weighted by Crippen LogP contribution is 2.10. The van der Waals surface area contributed by atoms with E-state index >= 15 is 0 Å². The molecular formula is C19H15ClN4O3. The highest BCUT2D eigenvalue weighted by Gasteiger charge is 2.16. The molecule has 2 heterocycles. The topological polar surface area (TPSA) is 97.1 Å². The van der Waals surface area contributed by atoms with Crippen LogP contribution in [-0.4, -0.2) is 32.2 Å². The fraction of sp³-hybridized carbons (Fsp3) is 0.158. The van der Waals surface area contributed by atoms with E-state index in [-0.39, 0.29) is 30.1 Å². The smallest absolute Gasteiger partial charge is 0.257 e. The largest absolute Gasteiger partial charge is 0.384 e. The van der Waals surface area contributed by atoms with Gasteiger partial charge in [-0.25, -0.2) is 9.97 Å². The number of carbonyl (C=O) groups is 1. The van der Waals surface area contributed by atoms with Gasteiger partial charge in [0, 0.05) is 24.8 Å². The first kappa shape index (κ1) is 18.6. The molecule has 7 nitrogen and oxygen atoms in total. The zero-order chi connectivity index (χ0) is 19.4. The van der Waals surface area contributed by atoms with Crippen molar-refractivity contribution in [3.63, 3.8) is 0 Å². The molecule has 0 unspecified atom stereocenters. The monoisotopic (exact) mass is 382 g/mol. The van der Waals surface area contributed by atoms with Gasteiger partial charge in [-0.3, -0.25) is 9.59 Å². The fourth-order valence-corrected chi connectivity index (χ4v) is 2.60.